The number of nitrogens with zero attached hydrogens (tertiary/aromatic N) is 1. The molecule has 0 atom stereocenters. The minimum atomic E-state index is 0.0450. The Morgan fingerprint density at radius 1 is 1.07 bits per heavy atom. The highest BCUT2D eigenvalue weighted by Gasteiger charge is 2.03. The number of amides is 1. The third-order valence-corrected chi connectivity index (χ3v) is 4.24. The van der Waals surface area contributed by atoms with Crippen LogP contribution in [0.5, 0.6) is 5.75 Å². The van der Waals surface area contributed by atoms with Gasteiger partial charge in [0, 0.05) is 32.2 Å². The first-order valence-electron chi connectivity index (χ1n) is 9.60. The molecule has 0 bridgehead atoms. The van der Waals surface area contributed by atoms with E-state index in [9.17, 15) is 4.79 Å². The molecular weight excluding hydrogens is 352 g/mol. The Morgan fingerprint density at radius 3 is 2.54 bits per heavy atom. The second-order valence-corrected chi connectivity index (χ2v) is 6.45. The number of carbonyl (C=O) groups excluding carboxylic acids is 1. The Bertz CT molecular complexity index is 772. The lowest BCUT2D eigenvalue weighted by Crippen LogP contribution is -2.37. The second kappa shape index (κ2) is 11.6. The van der Waals surface area contributed by atoms with Crippen LogP contribution in [0.1, 0.15) is 30.9 Å². The summed E-state index contributed by atoms with van der Waals surface area (Å²) in [4.78, 5) is 16.0. The molecule has 0 saturated carbocycles. The van der Waals surface area contributed by atoms with Gasteiger partial charge in [0.25, 0.3) is 0 Å². The van der Waals surface area contributed by atoms with Gasteiger partial charge in [0.05, 0.1) is 7.11 Å². The molecule has 0 aliphatic carbocycles. The normalized spacial score (nSPS) is 11.0. The van der Waals surface area contributed by atoms with E-state index >= 15 is 0 Å². The van der Waals surface area contributed by atoms with Crippen LogP contribution in [0.2, 0.25) is 0 Å². The zero-order valence-electron chi connectivity index (χ0n) is 16.9. The molecule has 6 nitrogen and oxygen atoms in total. The average molecular weight is 383 g/mol. The molecule has 0 fully saturated rings. The number of hydrogen-bond acceptors (Lipinski definition) is 3. The molecule has 0 saturated heterocycles. The van der Waals surface area contributed by atoms with Gasteiger partial charge in [-0.25, -0.2) is 0 Å². The lowest BCUT2D eigenvalue weighted by molar-refractivity contribution is -0.116. The van der Waals surface area contributed by atoms with E-state index in [1.54, 1.807) is 14.2 Å². The number of nitrogens with one attached hydrogen (secondary N) is 3. The lowest BCUT2D eigenvalue weighted by atomic mass is 10.1. The first-order valence-corrected chi connectivity index (χ1v) is 9.60. The predicted molar refractivity (Wildman–Crippen MR) is 115 cm³/mol. The van der Waals surface area contributed by atoms with Crippen LogP contribution >= 0.6 is 0 Å². The molecule has 0 unspecified atom stereocenters. The number of rotatable bonds is 9. The van der Waals surface area contributed by atoms with Crippen LogP contribution in [-0.4, -0.2) is 32.6 Å². The molecule has 0 aliphatic heterocycles. The molecule has 0 aliphatic rings. The Morgan fingerprint density at radius 2 is 1.86 bits per heavy atom. The Balaban J connectivity index is 1.79. The summed E-state index contributed by atoms with van der Waals surface area (Å²) in [5.74, 6) is 1.65. The van der Waals surface area contributed by atoms with Gasteiger partial charge in [0.1, 0.15) is 5.75 Å². The zero-order valence-corrected chi connectivity index (χ0v) is 16.9. The van der Waals surface area contributed by atoms with Crippen LogP contribution in [0.25, 0.3) is 0 Å². The van der Waals surface area contributed by atoms with Crippen molar-refractivity contribution < 1.29 is 9.53 Å². The molecule has 2 aromatic carbocycles. The van der Waals surface area contributed by atoms with E-state index in [2.05, 4.69) is 33.1 Å². The fraction of sp³-hybridized carbons (Fsp3) is 0.364. The van der Waals surface area contributed by atoms with Crippen LogP contribution in [-0.2, 0) is 17.8 Å². The molecule has 2 aromatic rings. The van der Waals surface area contributed by atoms with Gasteiger partial charge in [-0.05, 0) is 48.2 Å². The van der Waals surface area contributed by atoms with Crippen LogP contribution in [0.4, 0.5) is 5.69 Å². The van der Waals surface area contributed by atoms with Gasteiger partial charge in [-0.1, -0.05) is 31.2 Å². The molecule has 28 heavy (non-hydrogen) atoms. The number of guanidine groups is 1. The van der Waals surface area contributed by atoms with Crippen molar-refractivity contribution in [3.05, 3.63) is 59.7 Å². The molecule has 0 aromatic heterocycles. The first kappa shape index (κ1) is 21.3. The third kappa shape index (κ3) is 7.31. The summed E-state index contributed by atoms with van der Waals surface area (Å²) >= 11 is 0. The van der Waals surface area contributed by atoms with E-state index in [4.69, 9.17) is 4.74 Å². The van der Waals surface area contributed by atoms with Gasteiger partial charge in [-0.2, -0.15) is 0 Å². The lowest BCUT2D eigenvalue weighted by Gasteiger charge is -2.13. The molecule has 0 heterocycles. The molecule has 3 N–H and O–H groups in total. The van der Waals surface area contributed by atoms with Crippen LogP contribution in [0.15, 0.2) is 53.5 Å². The highest BCUT2D eigenvalue weighted by Crippen LogP contribution is 2.12. The largest absolute Gasteiger partial charge is 0.497 e. The van der Waals surface area contributed by atoms with Gasteiger partial charge < -0.3 is 20.7 Å². The third-order valence-electron chi connectivity index (χ3n) is 4.24. The zero-order chi connectivity index (χ0) is 20.2. The van der Waals surface area contributed by atoms with E-state index in [0.717, 1.165) is 42.3 Å². The molecule has 0 radical (unpaired) electrons. The van der Waals surface area contributed by atoms with Gasteiger partial charge in [0.15, 0.2) is 5.96 Å². The maximum atomic E-state index is 11.7. The molecular formula is C22H30N4O2. The fourth-order valence-electron chi connectivity index (χ4n) is 2.73. The summed E-state index contributed by atoms with van der Waals surface area (Å²) in [7, 11) is 3.42. The van der Waals surface area contributed by atoms with Crippen molar-refractivity contribution in [1.82, 2.24) is 10.6 Å². The highest BCUT2D eigenvalue weighted by molar-refractivity contribution is 5.90. The fourth-order valence-corrected chi connectivity index (χ4v) is 2.73. The minimum Gasteiger partial charge on any atom is -0.497 e. The smallest absolute Gasteiger partial charge is 0.224 e. The maximum Gasteiger partial charge on any atom is 0.224 e. The molecule has 150 valence electrons. The highest BCUT2D eigenvalue weighted by atomic mass is 16.5. The SMILES string of the molecule is CCCC(=O)Nc1cccc(CNC(=NC)NCCc2ccc(OC)cc2)c1. The summed E-state index contributed by atoms with van der Waals surface area (Å²) < 4.78 is 5.18. The summed E-state index contributed by atoms with van der Waals surface area (Å²) in [6.45, 7) is 3.39. The van der Waals surface area contributed by atoms with Gasteiger partial charge in [-0.3, -0.25) is 9.79 Å². The van der Waals surface area contributed by atoms with Crippen molar-refractivity contribution in [1.29, 1.82) is 0 Å². The van der Waals surface area contributed by atoms with Gasteiger partial charge in [0.2, 0.25) is 5.91 Å². The summed E-state index contributed by atoms with van der Waals surface area (Å²) in [5, 5.41) is 9.54. The van der Waals surface area contributed by atoms with E-state index in [1.807, 2.05) is 43.3 Å². The van der Waals surface area contributed by atoms with Gasteiger partial charge >= 0.3 is 0 Å². The number of aliphatic imine (C=N–C) groups is 1. The number of benzene rings is 2. The van der Waals surface area contributed by atoms with E-state index in [1.165, 1.54) is 5.56 Å². The molecule has 1 amide bonds. The number of methoxy groups -OCH3 is 1. The van der Waals surface area contributed by atoms with Crippen molar-refractivity contribution >= 4 is 17.6 Å². The summed E-state index contributed by atoms with van der Waals surface area (Å²) in [6.07, 6.45) is 2.27. The Labute approximate surface area is 167 Å². The summed E-state index contributed by atoms with van der Waals surface area (Å²) in [5.41, 5.74) is 3.13. The van der Waals surface area contributed by atoms with Crippen molar-refractivity contribution in [2.45, 2.75) is 32.7 Å². The number of ether oxygens (including phenoxy) is 1. The Hall–Kier alpha value is -3.02. The molecule has 6 heteroatoms. The van der Waals surface area contributed by atoms with E-state index in [0.29, 0.717) is 13.0 Å². The van der Waals surface area contributed by atoms with Crippen LogP contribution in [0, 0.1) is 0 Å². The van der Waals surface area contributed by atoms with Crippen LogP contribution in [0.3, 0.4) is 0 Å². The van der Waals surface area contributed by atoms with Gasteiger partial charge in [-0.15, -0.1) is 0 Å². The minimum absolute atomic E-state index is 0.0450. The van der Waals surface area contributed by atoms with Crippen molar-refractivity contribution in [2.75, 3.05) is 26.0 Å². The van der Waals surface area contributed by atoms with E-state index < -0.39 is 0 Å². The Kier molecular flexibility index (Phi) is 8.85. The molecule has 2 rings (SSSR count). The first-order chi connectivity index (χ1) is 13.6. The summed E-state index contributed by atoms with van der Waals surface area (Å²) in [6, 6.07) is 15.9. The maximum absolute atomic E-state index is 11.7. The predicted octanol–water partition coefficient (Wildman–Crippen LogP) is 3.34. The standard InChI is InChI=1S/C22H30N4O2/c1-4-6-21(27)26-19-8-5-7-18(15-19)16-25-22(23-2)24-14-13-17-9-11-20(28-3)12-10-17/h5,7-12,15H,4,6,13-14,16H2,1-3H3,(H,26,27)(H2,23,24,25). The second-order valence-electron chi connectivity index (χ2n) is 6.45. The van der Waals surface area contributed by atoms with Crippen LogP contribution < -0.4 is 20.7 Å². The van der Waals surface area contributed by atoms with Crippen molar-refractivity contribution in [3.8, 4) is 5.75 Å². The number of carbonyl (C=O) groups is 1. The monoisotopic (exact) mass is 382 g/mol. The number of hydrogen-bond donors (Lipinski definition) is 3. The molecule has 0 spiro atoms. The van der Waals surface area contributed by atoms with Crippen molar-refractivity contribution in [3.63, 3.8) is 0 Å². The van der Waals surface area contributed by atoms with E-state index in [-0.39, 0.29) is 5.91 Å². The number of anilines is 1. The average Bonchev–Trinajstić information content (AvgIpc) is 2.71. The topological polar surface area (TPSA) is 74.8 Å². The van der Waals surface area contributed by atoms with Crippen molar-refractivity contribution in [2.24, 2.45) is 4.99 Å². The quantitative estimate of drug-likeness (QED) is 0.459.